The van der Waals surface area contributed by atoms with Crippen LogP contribution in [0.3, 0.4) is 0 Å². The summed E-state index contributed by atoms with van der Waals surface area (Å²) in [6, 6.07) is 4.74. The highest BCUT2D eigenvalue weighted by molar-refractivity contribution is 6.11. The fourth-order valence-electron chi connectivity index (χ4n) is 7.19. The second kappa shape index (κ2) is 8.97. The number of ketones is 1. The normalized spacial score (nSPS) is 23.8. The van der Waals surface area contributed by atoms with E-state index in [-0.39, 0.29) is 23.7 Å². The molecule has 3 nitrogen and oxygen atoms in total. The summed E-state index contributed by atoms with van der Waals surface area (Å²) in [5.41, 5.74) is 4.82. The first-order chi connectivity index (χ1) is 17.3. The van der Waals surface area contributed by atoms with Crippen molar-refractivity contribution in [3.63, 3.8) is 0 Å². The minimum atomic E-state index is -4.43. The van der Waals surface area contributed by atoms with Gasteiger partial charge >= 0.3 is 6.18 Å². The van der Waals surface area contributed by atoms with Crippen LogP contribution in [-0.2, 0) is 17.3 Å². The monoisotopic (exact) mass is 497 g/mol. The summed E-state index contributed by atoms with van der Waals surface area (Å²) in [4.78, 5) is 19.5. The molecule has 1 atom stereocenters. The van der Waals surface area contributed by atoms with Gasteiger partial charge in [-0.15, -0.1) is 0 Å². The van der Waals surface area contributed by atoms with E-state index in [4.69, 9.17) is 9.72 Å². The third kappa shape index (κ3) is 4.19. The largest absolute Gasteiger partial charge is 0.416 e. The molecule has 3 saturated carbocycles. The van der Waals surface area contributed by atoms with Crippen molar-refractivity contribution in [1.82, 2.24) is 4.98 Å². The van der Waals surface area contributed by atoms with Crippen LogP contribution in [0, 0.1) is 5.41 Å². The molecule has 0 bridgehead atoms. The Morgan fingerprint density at radius 3 is 2.11 bits per heavy atom. The highest BCUT2D eigenvalue weighted by Gasteiger charge is 2.50. The first-order valence-electron chi connectivity index (χ1n) is 13.6. The predicted molar refractivity (Wildman–Crippen MR) is 131 cm³/mol. The van der Waals surface area contributed by atoms with Crippen LogP contribution in [0.25, 0.3) is 0 Å². The van der Waals surface area contributed by atoms with Crippen LogP contribution >= 0.6 is 0 Å². The van der Waals surface area contributed by atoms with Crippen molar-refractivity contribution in [3.05, 3.63) is 63.5 Å². The lowest BCUT2D eigenvalue weighted by molar-refractivity contribution is -0.137. The topological polar surface area (TPSA) is 39.2 Å². The third-order valence-electron chi connectivity index (χ3n) is 9.31. The molecule has 1 spiro atoms. The van der Waals surface area contributed by atoms with Crippen LogP contribution < -0.4 is 0 Å². The van der Waals surface area contributed by atoms with Gasteiger partial charge in [-0.05, 0) is 80.4 Å². The summed E-state index contributed by atoms with van der Waals surface area (Å²) in [7, 11) is 1.76. The molecule has 1 aromatic heterocycles. The Hall–Kier alpha value is -2.21. The zero-order valence-corrected chi connectivity index (χ0v) is 20.9. The number of benzene rings is 1. The number of hydrogen-bond acceptors (Lipinski definition) is 3. The Morgan fingerprint density at radius 1 is 0.944 bits per heavy atom. The Kier molecular flexibility index (Phi) is 6.01. The van der Waals surface area contributed by atoms with Crippen LogP contribution in [0.5, 0.6) is 0 Å². The number of carbonyl (C=O) groups is 1. The van der Waals surface area contributed by atoms with Crippen molar-refractivity contribution >= 4 is 5.78 Å². The lowest BCUT2D eigenvalue weighted by Gasteiger charge is -2.36. The van der Waals surface area contributed by atoms with Crippen LogP contribution in [0.2, 0.25) is 0 Å². The van der Waals surface area contributed by atoms with E-state index in [1.54, 1.807) is 7.11 Å². The number of nitrogens with zero attached hydrogens (tertiary/aromatic N) is 1. The number of fused-ring (bicyclic) bond motifs is 1. The van der Waals surface area contributed by atoms with Crippen molar-refractivity contribution in [2.24, 2.45) is 5.41 Å². The highest BCUT2D eigenvalue weighted by atomic mass is 19.4. The number of halogens is 3. The molecule has 3 fully saturated rings. The zero-order chi connectivity index (χ0) is 25.1. The fourth-order valence-corrected chi connectivity index (χ4v) is 7.19. The number of ether oxygens (including phenoxy) is 1. The van der Waals surface area contributed by atoms with Gasteiger partial charge < -0.3 is 4.74 Å². The van der Waals surface area contributed by atoms with Crippen LogP contribution in [-0.4, -0.2) is 17.9 Å². The average Bonchev–Trinajstić information content (AvgIpc) is 3.28. The molecule has 192 valence electrons. The molecule has 6 heteroatoms. The molecule has 0 unspecified atom stereocenters. The molecule has 4 aliphatic rings. The smallest absolute Gasteiger partial charge is 0.377 e. The first-order valence-corrected chi connectivity index (χ1v) is 13.6. The van der Waals surface area contributed by atoms with Gasteiger partial charge in [0.15, 0.2) is 5.78 Å². The lowest BCUT2D eigenvalue weighted by Crippen LogP contribution is -2.28. The minimum Gasteiger partial charge on any atom is -0.377 e. The molecule has 0 N–H and O–H groups in total. The summed E-state index contributed by atoms with van der Waals surface area (Å²) < 4.78 is 45.7. The van der Waals surface area contributed by atoms with E-state index >= 15 is 0 Å². The molecule has 2 aromatic rings. The van der Waals surface area contributed by atoms with E-state index < -0.39 is 11.7 Å². The van der Waals surface area contributed by atoms with Crippen LogP contribution in [0.15, 0.2) is 24.3 Å². The zero-order valence-electron chi connectivity index (χ0n) is 20.9. The maximum absolute atomic E-state index is 14.2. The van der Waals surface area contributed by atoms with Gasteiger partial charge in [-0.3, -0.25) is 9.78 Å². The Morgan fingerprint density at radius 2 is 1.56 bits per heavy atom. The molecule has 1 aromatic carbocycles. The van der Waals surface area contributed by atoms with E-state index in [2.05, 4.69) is 0 Å². The first kappa shape index (κ1) is 24.1. The number of methoxy groups -OCH3 is 1. The number of carbonyl (C=O) groups excluding carboxylic acids is 1. The van der Waals surface area contributed by atoms with Gasteiger partial charge in [-0.2, -0.15) is 13.2 Å². The van der Waals surface area contributed by atoms with E-state index in [1.807, 2.05) is 0 Å². The molecule has 36 heavy (non-hydrogen) atoms. The van der Waals surface area contributed by atoms with Gasteiger partial charge in [0.05, 0.1) is 17.4 Å². The molecule has 0 saturated heterocycles. The fraction of sp³-hybridized carbons (Fsp3) is 0.600. The highest BCUT2D eigenvalue weighted by Crippen LogP contribution is 2.60. The number of pyridine rings is 1. The van der Waals surface area contributed by atoms with Gasteiger partial charge in [0.2, 0.25) is 0 Å². The molecule has 0 aliphatic heterocycles. The number of rotatable bonds is 5. The molecule has 4 aliphatic carbocycles. The summed E-state index contributed by atoms with van der Waals surface area (Å²) in [5, 5.41) is 0. The molecular weight excluding hydrogens is 463 g/mol. The molecule has 1 heterocycles. The lowest BCUT2D eigenvalue weighted by atomic mass is 9.74. The number of hydrogen-bond donors (Lipinski definition) is 0. The van der Waals surface area contributed by atoms with Gasteiger partial charge in [-0.25, -0.2) is 0 Å². The predicted octanol–water partition coefficient (Wildman–Crippen LogP) is 8.06. The van der Waals surface area contributed by atoms with E-state index in [9.17, 15) is 18.0 Å². The summed E-state index contributed by atoms with van der Waals surface area (Å²) >= 11 is 0. The average molecular weight is 498 g/mol. The number of aromatic nitrogens is 1. The van der Waals surface area contributed by atoms with Crippen molar-refractivity contribution in [1.29, 1.82) is 0 Å². The SMILES string of the molecule is CO[C@H]1CC2(CC2)Cc2nc(C3CCCC3)c(C(=O)c3ccc(C(F)(F)F)cc3)c(C3CCCC3)c21. The van der Waals surface area contributed by atoms with E-state index in [1.165, 1.54) is 25.0 Å². The maximum atomic E-state index is 14.2. The van der Waals surface area contributed by atoms with Gasteiger partial charge in [0, 0.05) is 35.4 Å². The van der Waals surface area contributed by atoms with Crippen molar-refractivity contribution in [3.8, 4) is 0 Å². The van der Waals surface area contributed by atoms with Gasteiger partial charge in [0.25, 0.3) is 0 Å². The van der Waals surface area contributed by atoms with Crippen molar-refractivity contribution in [2.75, 3.05) is 7.11 Å². The van der Waals surface area contributed by atoms with E-state index in [0.29, 0.717) is 16.5 Å². The van der Waals surface area contributed by atoms with Crippen LogP contribution in [0.1, 0.15) is 133 Å². The van der Waals surface area contributed by atoms with Gasteiger partial charge in [0.1, 0.15) is 0 Å². The van der Waals surface area contributed by atoms with Crippen molar-refractivity contribution in [2.45, 2.75) is 101 Å². The summed E-state index contributed by atoms with van der Waals surface area (Å²) in [5.74, 6) is 0.340. The van der Waals surface area contributed by atoms with Gasteiger partial charge in [-0.1, -0.05) is 37.8 Å². The molecule has 6 rings (SSSR count). The maximum Gasteiger partial charge on any atom is 0.416 e. The number of alkyl halides is 3. The quantitative estimate of drug-likeness (QED) is 0.392. The third-order valence-corrected chi connectivity index (χ3v) is 9.31. The minimum absolute atomic E-state index is 0.0730. The molecular formula is C30H34F3NO2. The second-order valence-corrected chi connectivity index (χ2v) is 11.6. The van der Waals surface area contributed by atoms with E-state index in [0.717, 1.165) is 98.9 Å². The van der Waals surface area contributed by atoms with Crippen LogP contribution in [0.4, 0.5) is 13.2 Å². The molecule has 0 amide bonds. The standard InChI is InChI=1S/C30H34F3NO2/c1-36-23-17-29(14-15-29)16-22-25(23)24(18-6-2-3-7-18)26(27(34-22)19-8-4-5-9-19)28(35)20-10-12-21(13-11-20)30(31,32)33/h10-13,18-19,23H,2-9,14-17H2,1H3/t23-/m0/s1. The Balaban J connectivity index is 1.55. The molecule has 0 radical (unpaired) electrons. The summed E-state index contributed by atoms with van der Waals surface area (Å²) in [6.45, 7) is 0. The Bertz CT molecular complexity index is 1150. The second-order valence-electron chi connectivity index (χ2n) is 11.6. The van der Waals surface area contributed by atoms with Crippen molar-refractivity contribution < 1.29 is 22.7 Å². The summed E-state index contributed by atoms with van der Waals surface area (Å²) in [6.07, 6.45) is 8.46. The Labute approximate surface area is 210 Å².